The van der Waals surface area contributed by atoms with E-state index in [2.05, 4.69) is 22.0 Å². The fourth-order valence-corrected chi connectivity index (χ4v) is 8.58. The van der Waals surface area contributed by atoms with Crippen molar-refractivity contribution in [1.29, 1.82) is 0 Å². The topological polar surface area (TPSA) is 73.8 Å². The van der Waals surface area contributed by atoms with Gasteiger partial charge < -0.3 is 9.80 Å². The normalized spacial score (nSPS) is 19.4. The summed E-state index contributed by atoms with van der Waals surface area (Å²) < 4.78 is 28.4. The van der Waals surface area contributed by atoms with Gasteiger partial charge in [-0.3, -0.25) is 9.78 Å². The van der Waals surface area contributed by atoms with E-state index in [9.17, 15) is 13.2 Å². The molecule has 3 aliphatic heterocycles. The highest BCUT2D eigenvalue weighted by Gasteiger charge is 2.39. The van der Waals surface area contributed by atoms with Crippen LogP contribution in [0.3, 0.4) is 0 Å². The first kappa shape index (κ1) is 27.5. The number of hydrogen-bond donors (Lipinski definition) is 0. The van der Waals surface area contributed by atoms with Crippen molar-refractivity contribution in [2.45, 2.75) is 43.5 Å². The van der Waals surface area contributed by atoms with Crippen LogP contribution in [0, 0.1) is 5.41 Å². The van der Waals surface area contributed by atoms with E-state index in [1.54, 1.807) is 12.1 Å². The number of halogens is 2. The number of likely N-dealkylation sites (tertiary alicyclic amines) is 1. The molecular formula is C30H32Cl2N4O3S. The summed E-state index contributed by atoms with van der Waals surface area (Å²) in [5, 5.41) is 0.218. The third-order valence-electron chi connectivity index (χ3n) is 8.97. The van der Waals surface area contributed by atoms with Gasteiger partial charge in [-0.25, -0.2) is 8.42 Å². The van der Waals surface area contributed by atoms with Crippen molar-refractivity contribution in [3.05, 3.63) is 87.7 Å². The third kappa shape index (κ3) is 5.11. The van der Waals surface area contributed by atoms with E-state index in [0.717, 1.165) is 63.0 Å². The second-order valence-corrected chi connectivity index (χ2v) is 13.8. The van der Waals surface area contributed by atoms with Gasteiger partial charge in [-0.15, -0.1) is 0 Å². The molecule has 3 aromatic rings. The Labute approximate surface area is 245 Å². The second-order valence-electron chi connectivity index (χ2n) is 11.1. The molecule has 1 spiro atoms. The Balaban J connectivity index is 1.15. The number of carbonyl (C=O) groups is 1. The van der Waals surface area contributed by atoms with Gasteiger partial charge >= 0.3 is 0 Å². The van der Waals surface area contributed by atoms with E-state index in [4.69, 9.17) is 23.2 Å². The van der Waals surface area contributed by atoms with Crippen LogP contribution in [0.1, 0.15) is 47.2 Å². The van der Waals surface area contributed by atoms with E-state index in [0.29, 0.717) is 18.5 Å². The van der Waals surface area contributed by atoms with Gasteiger partial charge in [-0.1, -0.05) is 41.4 Å². The lowest BCUT2D eigenvalue weighted by Crippen LogP contribution is -2.48. The number of aromatic nitrogens is 1. The second kappa shape index (κ2) is 11.0. The average molecular weight is 600 g/mol. The number of rotatable bonds is 4. The average Bonchev–Trinajstić information content (AvgIpc) is 2.99. The quantitative estimate of drug-likeness (QED) is 0.387. The molecule has 0 N–H and O–H groups in total. The van der Waals surface area contributed by atoms with Gasteiger partial charge in [0.25, 0.3) is 5.91 Å². The van der Waals surface area contributed by atoms with Crippen molar-refractivity contribution in [1.82, 2.24) is 14.2 Å². The zero-order valence-electron chi connectivity index (χ0n) is 22.2. The Morgan fingerprint density at radius 1 is 0.850 bits per heavy atom. The number of piperidine rings is 2. The third-order valence-corrected chi connectivity index (χ3v) is 11.8. The summed E-state index contributed by atoms with van der Waals surface area (Å²) in [4.78, 5) is 22.3. The summed E-state index contributed by atoms with van der Waals surface area (Å²) in [5.41, 5.74) is 3.90. The van der Waals surface area contributed by atoms with Crippen LogP contribution in [0.2, 0.25) is 10.0 Å². The highest BCUT2D eigenvalue weighted by Crippen LogP contribution is 2.42. The van der Waals surface area contributed by atoms with E-state index < -0.39 is 10.0 Å². The smallest absolute Gasteiger partial charge is 0.254 e. The van der Waals surface area contributed by atoms with Crippen molar-refractivity contribution >= 4 is 44.8 Å². The minimum Gasteiger partial charge on any atom is -0.371 e. The molecule has 6 rings (SSSR count). The SMILES string of the molecule is O=C(c1cccc2c1CN(S(=O)(=O)c1cccc(Cl)c1Cl)CC2)N1CCC2(CC1)CCN(c1ccncc1)CC2. The molecule has 0 unspecified atom stereocenters. The number of nitrogens with zero attached hydrogens (tertiary/aromatic N) is 4. The Morgan fingerprint density at radius 3 is 2.25 bits per heavy atom. The Bertz CT molecular complexity index is 1520. The van der Waals surface area contributed by atoms with Crippen molar-refractivity contribution in [3.63, 3.8) is 0 Å². The Morgan fingerprint density at radius 2 is 1.52 bits per heavy atom. The molecule has 0 saturated carbocycles. The van der Waals surface area contributed by atoms with Gasteiger partial charge in [0.05, 0.1) is 10.0 Å². The molecule has 2 aromatic carbocycles. The zero-order chi connectivity index (χ0) is 27.9. The molecule has 210 valence electrons. The number of amides is 1. The van der Waals surface area contributed by atoms with E-state index >= 15 is 0 Å². The number of anilines is 1. The minimum atomic E-state index is -3.88. The van der Waals surface area contributed by atoms with Gasteiger partial charge in [0.15, 0.2) is 0 Å². The first-order valence-corrected chi connectivity index (χ1v) is 16.0. The van der Waals surface area contributed by atoms with E-state index in [1.165, 1.54) is 16.1 Å². The first-order valence-electron chi connectivity index (χ1n) is 13.8. The molecule has 0 aliphatic carbocycles. The van der Waals surface area contributed by atoms with Crippen molar-refractivity contribution in [2.24, 2.45) is 5.41 Å². The highest BCUT2D eigenvalue weighted by atomic mass is 35.5. The summed E-state index contributed by atoms with van der Waals surface area (Å²) in [7, 11) is -3.88. The number of benzene rings is 2. The van der Waals surface area contributed by atoms with Crippen LogP contribution in [-0.2, 0) is 23.0 Å². The van der Waals surface area contributed by atoms with Crippen LogP contribution in [-0.4, -0.2) is 61.2 Å². The van der Waals surface area contributed by atoms with Crippen LogP contribution < -0.4 is 4.90 Å². The zero-order valence-corrected chi connectivity index (χ0v) is 24.6. The fourth-order valence-electron chi connectivity index (χ4n) is 6.43. The largest absolute Gasteiger partial charge is 0.371 e. The lowest BCUT2D eigenvalue weighted by atomic mass is 9.71. The molecule has 0 atom stereocenters. The standard InChI is InChI=1S/C30H32Cl2N4O3S/c31-26-5-2-6-27(28(26)32)40(38,39)36-16-9-22-3-1-4-24(25(22)21-36)29(37)35-19-12-30(13-20-35)10-17-34(18-11-30)23-7-14-33-15-8-23/h1-8,14-15H,9-13,16-21H2. The molecule has 0 bridgehead atoms. The molecular weight excluding hydrogens is 567 g/mol. The summed E-state index contributed by atoms with van der Waals surface area (Å²) in [5.74, 6) is -0.0130. The molecule has 1 aromatic heterocycles. The van der Waals surface area contributed by atoms with Crippen molar-refractivity contribution < 1.29 is 13.2 Å². The molecule has 7 nitrogen and oxygen atoms in total. The van der Waals surface area contributed by atoms with Gasteiger partial charge in [0.1, 0.15) is 4.90 Å². The Kier molecular flexibility index (Phi) is 7.55. The molecule has 2 fully saturated rings. The van der Waals surface area contributed by atoms with Crippen molar-refractivity contribution in [3.8, 4) is 0 Å². The minimum absolute atomic E-state index is 0.00905. The lowest BCUT2D eigenvalue weighted by molar-refractivity contribution is 0.0513. The molecule has 4 heterocycles. The van der Waals surface area contributed by atoms with Gasteiger partial charge in [-0.2, -0.15) is 4.31 Å². The maximum atomic E-state index is 13.8. The van der Waals surface area contributed by atoms with E-state index in [1.807, 2.05) is 35.5 Å². The van der Waals surface area contributed by atoms with Crippen molar-refractivity contribution in [2.75, 3.05) is 37.6 Å². The fraction of sp³-hybridized carbons (Fsp3) is 0.400. The molecule has 0 radical (unpaired) electrons. The maximum absolute atomic E-state index is 13.8. The van der Waals surface area contributed by atoms with Gasteiger partial charge in [0.2, 0.25) is 10.0 Å². The van der Waals surface area contributed by atoms with Crippen LogP contribution >= 0.6 is 23.2 Å². The lowest BCUT2D eigenvalue weighted by Gasteiger charge is -2.47. The predicted molar refractivity (Wildman–Crippen MR) is 157 cm³/mol. The Hall–Kier alpha value is -2.65. The van der Waals surface area contributed by atoms with Crippen LogP contribution in [0.15, 0.2) is 65.8 Å². The molecule has 3 aliphatic rings. The van der Waals surface area contributed by atoms with Crippen LogP contribution in [0.4, 0.5) is 5.69 Å². The van der Waals surface area contributed by atoms with Gasteiger partial charge in [0, 0.05) is 62.9 Å². The van der Waals surface area contributed by atoms with Crippen LogP contribution in [0.25, 0.3) is 0 Å². The summed E-state index contributed by atoms with van der Waals surface area (Å²) in [6.45, 7) is 3.93. The van der Waals surface area contributed by atoms with Crippen LogP contribution in [0.5, 0.6) is 0 Å². The summed E-state index contributed by atoms with van der Waals surface area (Å²) in [6.07, 6.45) is 8.44. The summed E-state index contributed by atoms with van der Waals surface area (Å²) in [6, 6.07) is 14.5. The number of carbonyl (C=O) groups excluding carboxylic acids is 1. The summed E-state index contributed by atoms with van der Waals surface area (Å²) >= 11 is 12.4. The van der Waals surface area contributed by atoms with E-state index in [-0.39, 0.29) is 32.8 Å². The first-order chi connectivity index (χ1) is 19.3. The molecule has 10 heteroatoms. The monoisotopic (exact) mass is 598 g/mol. The number of fused-ring (bicyclic) bond motifs is 1. The van der Waals surface area contributed by atoms with Gasteiger partial charge in [-0.05, 0) is 79.0 Å². The maximum Gasteiger partial charge on any atom is 0.254 e. The molecule has 1 amide bonds. The molecule has 40 heavy (non-hydrogen) atoms. The molecule has 2 saturated heterocycles. The number of sulfonamides is 1. The number of pyridine rings is 1. The number of hydrogen-bond acceptors (Lipinski definition) is 5. The predicted octanol–water partition coefficient (Wildman–Crippen LogP) is 5.66. The highest BCUT2D eigenvalue weighted by molar-refractivity contribution is 7.89.